The summed E-state index contributed by atoms with van der Waals surface area (Å²) in [5, 5.41) is 3.87. The minimum atomic E-state index is -0.207. The molecule has 0 aliphatic heterocycles. The molecule has 1 aromatic heterocycles. The first-order valence-electron chi connectivity index (χ1n) is 10.3. The van der Waals surface area contributed by atoms with E-state index in [4.69, 9.17) is 0 Å². The molecule has 0 bridgehead atoms. The van der Waals surface area contributed by atoms with Crippen molar-refractivity contribution in [1.82, 2.24) is 15.3 Å². The smallest absolute Gasteiger partial charge is 0.123 e. The second-order valence-corrected chi connectivity index (χ2v) is 7.59. The zero-order valence-corrected chi connectivity index (χ0v) is 15.9. The van der Waals surface area contributed by atoms with Gasteiger partial charge in [-0.15, -0.1) is 0 Å². The highest BCUT2D eigenvalue weighted by molar-refractivity contribution is 5.58. The first-order valence-corrected chi connectivity index (χ1v) is 10.3. The van der Waals surface area contributed by atoms with Crippen LogP contribution in [0.1, 0.15) is 83.0 Å². The van der Waals surface area contributed by atoms with E-state index >= 15 is 0 Å². The Hall–Kier alpha value is -1.68. The van der Waals surface area contributed by atoms with Crippen LogP contribution in [0.3, 0.4) is 0 Å². The van der Waals surface area contributed by atoms with Crippen molar-refractivity contribution in [3.8, 4) is 11.3 Å². The quantitative estimate of drug-likeness (QED) is 0.528. The summed E-state index contributed by atoms with van der Waals surface area (Å²) in [7, 11) is 0. The minimum absolute atomic E-state index is 0.207. The molecule has 2 N–H and O–H groups in total. The van der Waals surface area contributed by atoms with Crippen LogP contribution in [0, 0.1) is 5.82 Å². The van der Waals surface area contributed by atoms with Crippen molar-refractivity contribution in [1.29, 1.82) is 0 Å². The molecule has 3 nitrogen and oxygen atoms in total. The first kappa shape index (κ1) is 19.1. The fourth-order valence-electron chi connectivity index (χ4n) is 3.92. The van der Waals surface area contributed by atoms with E-state index < -0.39 is 0 Å². The lowest BCUT2D eigenvalue weighted by Gasteiger charge is -2.27. The predicted octanol–water partition coefficient (Wildman–Crippen LogP) is 6.15. The molecule has 1 unspecified atom stereocenters. The van der Waals surface area contributed by atoms with E-state index in [2.05, 4.69) is 22.2 Å². The number of aromatic amines is 1. The highest BCUT2D eigenvalue weighted by atomic mass is 19.1. The van der Waals surface area contributed by atoms with Gasteiger partial charge in [-0.3, -0.25) is 0 Å². The molecule has 142 valence electrons. The van der Waals surface area contributed by atoms with Gasteiger partial charge in [0.2, 0.25) is 0 Å². The van der Waals surface area contributed by atoms with Crippen molar-refractivity contribution in [2.45, 2.75) is 83.2 Å². The van der Waals surface area contributed by atoms with E-state index in [1.165, 1.54) is 69.9 Å². The van der Waals surface area contributed by atoms with Gasteiger partial charge in [0.05, 0.1) is 17.9 Å². The third kappa shape index (κ3) is 5.41. The molecule has 1 aliphatic carbocycles. The van der Waals surface area contributed by atoms with Crippen molar-refractivity contribution in [3.63, 3.8) is 0 Å². The highest BCUT2D eigenvalue weighted by Gasteiger charge is 2.21. The normalized spacial score (nSPS) is 16.7. The summed E-state index contributed by atoms with van der Waals surface area (Å²) >= 11 is 0. The Morgan fingerprint density at radius 2 is 1.88 bits per heavy atom. The van der Waals surface area contributed by atoms with Crippen LogP contribution < -0.4 is 5.32 Å². The molecule has 4 heteroatoms. The Balaban J connectivity index is 1.69. The zero-order valence-electron chi connectivity index (χ0n) is 15.9. The van der Waals surface area contributed by atoms with Gasteiger partial charge in [-0.05, 0) is 49.1 Å². The van der Waals surface area contributed by atoms with Gasteiger partial charge in [0.1, 0.15) is 11.6 Å². The molecule has 2 aromatic rings. The summed E-state index contributed by atoms with van der Waals surface area (Å²) in [6, 6.07) is 7.49. The average molecular weight is 358 g/mol. The van der Waals surface area contributed by atoms with Crippen LogP contribution in [-0.4, -0.2) is 16.0 Å². The molecule has 1 aromatic carbocycles. The van der Waals surface area contributed by atoms with Gasteiger partial charge in [0.15, 0.2) is 0 Å². The lowest BCUT2D eigenvalue weighted by molar-refractivity contribution is 0.320. The Morgan fingerprint density at radius 1 is 1.12 bits per heavy atom. The summed E-state index contributed by atoms with van der Waals surface area (Å²) in [6.07, 6.45) is 14.7. The van der Waals surface area contributed by atoms with Crippen LogP contribution in [0.25, 0.3) is 11.3 Å². The van der Waals surface area contributed by atoms with E-state index in [1.54, 1.807) is 12.1 Å². The van der Waals surface area contributed by atoms with Crippen LogP contribution in [-0.2, 0) is 0 Å². The number of halogens is 1. The second kappa shape index (κ2) is 9.86. The van der Waals surface area contributed by atoms with E-state index in [1.807, 2.05) is 6.20 Å². The number of nitrogens with zero attached hydrogens (tertiary/aromatic N) is 1. The van der Waals surface area contributed by atoms with Crippen LogP contribution in [0.2, 0.25) is 0 Å². The monoisotopic (exact) mass is 357 g/mol. The number of unbranched alkanes of at least 4 members (excludes halogenated alkanes) is 3. The zero-order chi connectivity index (χ0) is 18.2. The topological polar surface area (TPSA) is 40.7 Å². The van der Waals surface area contributed by atoms with Crippen molar-refractivity contribution < 1.29 is 4.39 Å². The number of rotatable bonds is 9. The number of benzene rings is 1. The molecular formula is C22H32FN3. The van der Waals surface area contributed by atoms with Crippen molar-refractivity contribution in [2.75, 3.05) is 0 Å². The van der Waals surface area contributed by atoms with Crippen LogP contribution in [0.15, 0.2) is 30.5 Å². The van der Waals surface area contributed by atoms with Crippen LogP contribution >= 0.6 is 0 Å². The number of aromatic nitrogens is 2. The van der Waals surface area contributed by atoms with Crippen molar-refractivity contribution in [2.24, 2.45) is 0 Å². The van der Waals surface area contributed by atoms with Gasteiger partial charge >= 0.3 is 0 Å². The maximum atomic E-state index is 13.2. The summed E-state index contributed by atoms with van der Waals surface area (Å²) in [5.74, 6) is 0.813. The van der Waals surface area contributed by atoms with Crippen LogP contribution in [0.4, 0.5) is 4.39 Å². The third-order valence-electron chi connectivity index (χ3n) is 5.47. The third-order valence-corrected chi connectivity index (χ3v) is 5.47. The van der Waals surface area contributed by atoms with E-state index in [-0.39, 0.29) is 11.9 Å². The lowest BCUT2D eigenvalue weighted by Crippen LogP contribution is -2.35. The minimum Gasteiger partial charge on any atom is -0.341 e. The van der Waals surface area contributed by atoms with Crippen LogP contribution in [0.5, 0.6) is 0 Å². The van der Waals surface area contributed by atoms with Gasteiger partial charge in [0.25, 0.3) is 0 Å². The number of imidazole rings is 1. The van der Waals surface area contributed by atoms with Crippen molar-refractivity contribution >= 4 is 0 Å². The van der Waals surface area contributed by atoms with Gasteiger partial charge in [-0.2, -0.15) is 0 Å². The highest BCUT2D eigenvalue weighted by Crippen LogP contribution is 2.26. The molecule has 0 spiro atoms. The maximum Gasteiger partial charge on any atom is 0.123 e. The van der Waals surface area contributed by atoms with E-state index in [0.717, 1.165) is 23.5 Å². The molecule has 1 heterocycles. The van der Waals surface area contributed by atoms with E-state index in [0.29, 0.717) is 6.04 Å². The summed E-state index contributed by atoms with van der Waals surface area (Å²) in [4.78, 5) is 8.15. The van der Waals surface area contributed by atoms with Gasteiger partial charge in [0, 0.05) is 6.04 Å². The molecule has 1 fully saturated rings. The standard InChI is InChI=1S/C22H32FN3/c1-2-3-4-8-11-20(25-19-9-6-5-7-10-19)22-24-16-21(26-22)17-12-14-18(23)15-13-17/h12-16,19-20,25H,2-11H2,1H3,(H,24,26). The molecule has 3 rings (SSSR count). The molecule has 0 radical (unpaired) electrons. The Morgan fingerprint density at radius 3 is 2.62 bits per heavy atom. The van der Waals surface area contributed by atoms with Gasteiger partial charge in [-0.25, -0.2) is 9.37 Å². The molecule has 1 saturated carbocycles. The molecule has 1 atom stereocenters. The SMILES string of the molecule is CCCCCCC(NC1CCCCC1)c1ncc(-c2ccc(F)cc2)[nH]1. The summed E-state index contributed by atoms with van der Waals surface area (Å²) in [5.41, 5.74) is 1.94. The molecular weight excluding hydrogens is 325 g/mol. The number of H-pyrrole nitrogens is 1. The lowest BCUT2D eigenvalue weighted by atomic mass is 9.94. The number of hydrogen-bond donors (Lipinski definition) is 2. The molecule has 26 heavy (non-hydrogen) atoms. The van der Waals surface area contributed by atoms with E-state index in [9.17, 15) is 4.39 Å². The number of hydrogen-bond acceptors (Lipinski definition) is 2. The first-order chi connectivity index (χ1) is 12.8. The van der Waals surface area contributed by atoms with Gasteiger partial charge < -0.3 is 10.3 Å². The Bertz CT molecular complexity index is 644. The second-order valence-electron chi connectivity index (χ2n) is 7.59. The average Bonchev–Trinajstić information content (AvgIpc) is 3.16. The Kier molecular flexibility index (Phi) is 7.24. The maximum absolute atomic E-state index is 13.2. The van der Waals surface area contributed by atoms with Gasteiger partial charge in [-0.1, -0.05) is 51.9 Å². The van der Waals surface area contributed by atoms with Crippen molar-refractivity contribution in [3.05, 3.63) is 42.1 Å². The predicted molar refractivity (Wildman–Crippen MR) is 105 cm³/mol. The summed E-state index contributed by atoms with van der Waals surface area (Å²) in [6.45, 7) is 2.25. The molecule has 0 saturated heterocycles. The summed E-state index contributed by atoms with van der Waals surface area (Å²) < 4.78 is 13.2. The molecule has 0 amide bonds. The largest absolute Gasteiger partial charge is 0.341 e. The Labute approximate surface area is 156 Å². The number of nitrogens with one attached hydrogen (secondary N) is 2. The molecule has 1 aliphatic rings. The fraction of sp³-hybridized carbons (Fsp3) is 0.591. The fourth-order valence-corrected chi connectivity index (χ4v) is 3.92.